The largest absolute Gasteiger partial charge is 0.478 e. The zero-order valence-corrected chi connectivity index (χ0v) is 8.03. The van der Waals surface area contributed by atoms with Crippen LogP contribution in [0.1, 0.15) is 17.3 Å². The maximum absolute atomic E-state index is 10.8. The van der Waals surface area contributed by atoms with Crippen molar-refractivity contribution < 1.29 is 9.90 Å². The highest BCUT2D eigenvalue weighted by Crippen LogP contribution is 2.14. The molecule has 0 aliphatic rings. The van der Waals surface area contributed by atoms with Crippen molar-refractivity contribution in [2.24, 2.45) is 5.73 Å². The van der Waals surface area contributed by atoms with Gasteiger partial charge in [0.25, 0.3) is 0 Å². The summed E-state index contributed by atoms with van der Waals surface area (Å²) in [5.74, 6) is -0.933. The van der Waals surface area contributed by atoms with E-state index in [-0.39, 0.29) is 11.6 Å². The van der Waals surface area contributed by atoms with E-state index in [0.717, 1.165) is 0 Å². The predicted octanol–water partition coefficient (Wildman–Crippen LogP) is 1.14. The summed E-state index contributed by atoms with van der Waals surface area (Å²) >= 11 is 0. The average Bonchev–Trinajstić information content (AvgIpc) is 2.15. The smallest absolute Gasteiger partial charge is 0.337 e. The van der Waals surface area contributed by atoms with Gasteiger partial charge in [0.15, 0.2) is 0 Å². The van der Waals surface area contributed by atoms with Crippen molar-refractivity contribution in [3.05, 3.63) is 29.8 Å². The first-order valence-electron chi connectivity index (χ1n) is 4.43. The minimum atomic E-state index is -0.933. The number of nitrogens with two attached hydrogens (primary N) is 1. The van der Waals surface area contributed by atoms with Crippen LogP contribution in [-0.4, -0.2) is 23.7 Å². The molecule has 4 nitrogen and oxygen atoms in total. The third-order valence-electron chi connectivity index (χ3n) is 1.77. The molecule has 0 amide bonds. The van der Waals surface area contributed by atoms with Gasteiger partial charge in [-0.05, 0) is 19.1 Å². The summed E-state index contributed by atoms with van der Waals surface area (Å²) in [6.45, 7) is 2.42. The van der Waals surface area contributed by atoms with Gasteiger partial charge >= 0.3 is 5.97 Å². The minimum absolute atomic E-state index is 0.00292. The molecule has 0 spiro atoms. The lowest BCUT2D eigenvalue weighted by atomic mass is 10.2. The number of carboxylic acid groups (broad SMARTS) is 1. The Labute approximate surface area is 82.7 Å². The van der Waals surface area contributed by atoms with Crippen LogP contribution < -0.4 is 11.1 Å². The van der Waals surface area contributed by atoms with Crippen molar-refractivity contribution >= 4 is 11.7 Å². The molecule has 0 radical (unpaired) electrons. The van der Waals surface area contributed by atoms with E-state index in [1.807, 2.05) is 6.92 Å². The molecule has 1 atom stereocenters. The van der Waals surface area contributed by atoms with Crippen molar-refractivity contribution in [1.82, 2.24) is 0 Å². The number of carbonyl (C=O) groups is 1. The Balaban J connectivity index is 2.79. The number of aromatic carboxylic acids is 1. The Bertz CT molecular complexity index is 324. The molecule has 0 aliphatic carbocycles. The second-order valence-corrected chi connectivity index (χ2v) is 3.21. The summed E-state index contributed by atoms with van der Waals surface area (Å²) in [5, 5.41) is 11.8. The summed E-state index contributed by atoms with van der Waals surface area (Å²) in [6.07, 6.45) is 0. The third-order valence-corrected chi connectivity index (χ3v) is 1.77. The van der Waals surface area contributed by atoms with Crippen LogP contribution in [0.4, 0.5) is 5.69 Å². The van der Waals surface area contributed by atoms with Crippen molar-refractivity contribution in [2.45, 2.75) is 13.0 Å². The van der Waals surface area contributed by atoms with E-state index in [0.29, 0.717) is 12.2 Å². The van der Waals surface area contributed by atoms with Crippen molar-refractivity contribution in [1.29, 1.82) is 0 Å². The fourth-order valence-electron chi connectivity index (χ4n) is 1.09. The maximum atomic E-state index is 10.8. The van der Waals surface area contributed by atoms with E-state index in [2.05, 4.69) is 5.32 Å². The summed E-state index contributed by atoms with van der Waals surface area (Å²) < 4.78 is 0. The van der Waals surface area contributed by atoms with Crippen molar-refractivity contribution in [2.75, 3.05) is 11.9 Å². The number of benzene rings is 1. The number of para-hydroxylation sites is 1. The van der Waals surface area contributed by atoms with Crippen LogP contribution >= 0.6 is 0 Å². The van der Waals surface area contributed by atoms with Crippen molar-refractivity contribution in [3.8, 4) is 0 Å². The zero-order chi connectivity index (χ0) is 10.6. The SMILES string of the molecule is CC(N)CNc1ccccc1C(=O)O. The first-order valence-corrected chi connectivity index (χ1v) is 4.43. The monoisotopic (exact) mass is 194 g/mol. The second kappa shape index (κ2) is 4.62. The quantitative estimate of drug-likeness (QED) is 0.672. The molecule has 1 aromatic carbocycles. The minimum Gasteiger partial charge on any atom is -0.478 e. The summed E-state index contributed by atoms with van der Waals surface area (Å²) in [4.78, 5) is 10.8. The Morgan fingerprint density at radius 1 is 1.57 bits per heavy atom. The molecule has 4 heteroatoms. The van der Waals surface area contributed by atoms with E-state index in [1.54, 1.807) is 24.3 Å². The van der Waals surface area contributed by atoms with Crippen LogP contribution in [0, 0.1) is 0 Å². The highest BCUT2D eigenvalue weighted by atomic mass is 16.4. The molecule has 0 bridgehead atoms. The normalized spacial score (nSPS) is 12.1. The fraction of sp³-hybridized carbons (Fsp3) is 0.300. The third kappa shape index (κ3) is 2.74. The van der Waals surface area contributed by atoms with Gasteiger partial charge in [-0.25, -0.2) is 4.79 Å². The zero-order valence-electron chi connectivity index (χ0n) is 8.03. The standard InChI is InChI=1S/C10H14N2O2/c1-7(11)6-12-9-5-3-2-4-8(9)10(13)14/h2-5,7,12H,6,11H2,1H3,(H,13,14). The van der Waals surface area contributed by atoms with Crippen LogP contribution in [0.3, 0.4) is 0 Å². The van der Waals surface area contributed by atoms with E-state index < -0.39 is 5.97 Å². The van der Waals surface area contributed by atoms with Crippen molar-refractivity contribution in [3.63, 3.8) is 0 Å². The lowest BCUT2D eigenvalue weighted by Crippen LogP contribution is -2.25. The van der Waals surface area contributed by atoms with Gasteiger partial charge in [0, 0.05) is 18.3 Å². The lowest BCUT2D eigenvalue weighted by molar-refractivity contribution is 0.0698. The first kappa shape index (κ1) is 10.5. The van der Waals surface area contributed by atoms with Crippen LogP contribution in [0.5, 0.6) is 0 Å². The van der Waals surface area contributed by atoms with Gasteiger partial charge in [0.2, 0.25) is 0 Å². The van der Waals surface area contributed by atoms with Crippen LogP contribution in [-0.2, 0) is 0 Å². The van der Waals surface area contributed by atoms with Gasteiger partial charge in [-0.2, -0.15) is 0 Å². The molecular formula is C10H14N2O2. The van der Waals surface area contributed by atoms with E-state index in [9.17, 15) is 4.79 Å². The number of anilines is 1. The molecule has 14 heavy (non-hydrogen) atoms. The molecule has 1 rings (SSSR count). The Morgan fingerprint density at radius 2 is 2.21 bits per heavy atom. The highest BCUT2D eigenvalue weighted by molar-refractivity contribution is 5.94. The van der Waals surface area contributed by atoms with Crippen LogP contribution in [0.25, 0.3) is 0 Å². The second-order valence-electron chi connectivity index (χ2n) is 3.21. The highest BCUT2D eigenvalue weighted by Gasteiger charge is 2.08. The van der Waals surface area contributed by atoms with Gasteiger partial charge in [0.1, 0.15) is 0 Å². The van der Waals surface area contributed by atoms with Gasteiger partial charge in [0.05, 0.1) is 5.56 Å². The molecule has 1 unspecified atom stereocenters. The van der Waals surface area contributed by atoms with Crippen LogP contribution in [0.15, 0.2) is 24.3 Å². The Morgan fingerprint density at radius 3 is 2.79 bits per heavy atom. The summed E-state index contributed by atoms with van der Waals surface area (Å²) in [5.41, 5.74) is 6.44. The number of hydrogen-bond acceptors (Lipinski definition) is 3. The van der Waals surface area contributed by atoms with E-state index in [1.165, 1.54) is 0 Å². The predicted molar refractivity (Wildman–Crippen MR) is 55.5 cm³/mol. The number of carboxylic acids is 1. The molecule has 0 saturated carbocycles. The Kier molecular flexibility index (Phi) is 3.48. The molecule has 0 saturated heterocycles. The molecule has 4 N–H and O–H groups in total. The van der Waals surface area contributed by atoms with Gasteiger partial charge in [-0.1, -0.05) is 12.1 Å². The van der Waals surface area contributed by atoms with E-state index in [4.69, 9.17) is 10.8 Å². The molecule has 1 aromatic rings. The van der Waals surface area contributed by atoms with E-state index >= 15 is 0 Å². The summed E-state index contributed by atoms with van der Waals surface area (Å²) in [6, 6.07) is 6.77. The van der Waals surface area contributed by atoms with Crippen LogP contribution in [0.2, 0.25) is 0 Å². The number of nitrogens with one attached hydrogen (secondary N) is 1. The average molecular weight is 194 g/mol. The molecular weight excluding hydrogens is 180 g/mol. The van der Waals surface area contributed by atoms with Gasteiger partial charge in [-0.3, -0.25) is 0 Å². The maximum Gasteiger partial charge on any atom is 0.337 e. The number of hydrogen-bond donors (Lipinski definition) is 3. The fourth-order valence-corrected chi connectivity index (χ4v) is 1.09. The topological polar surface area (TPSA) is 75.3 Å². The lowest BCUT2D eigenvalue weighted by Gasteiger charge is -2.10. The first-order chi connectivity index (χ1) is 6.61. The molecule has 0 fully saturated rings. The molecule has 0 aromatic heterocycles. The number of rotatable bonds is 4. The summed E-state index contributed by atoms with van der Waals surface area (Å²) in [7, 11) is 0. The molecule has 0 aliphatic heterocycles. The molecule has 76 valence electrons. The van der Waals surface area contributed by atoms with Gasteiger partial charge in [-0.15, -0.1) is 0 Å². The van der Waals surface area contributed by atoms with Gasteiger partial charge < -0.3 is 16.2 Å². The molecule has 0 heterocycles. The Hall–Kier alpha value is -1.55.